The van der Waals surface area contributed by atoms with Crippen LogP contribution < -0.4 is 5.73 Å². The lowest BCUT2D eigenvalue weighted by atomic mass is 9.71. The van der Waals surface area contributed by atoms with E-state index in [2.05, 4.69) is 75.3 Å². The highest BCUT2D eigenvalue weighted by atomic mass is 16.7. The Morgan fingerprint density at radius 1 is 0.865 bits per heavy atom. The van der Waals surface area contributed by atoms with Gasteiger partial charge in [0.15, 0.2) is 0 Å². The number of rotatable bonds is 7. The molecule has 4 heteroatoms. The minimum atomic E-state index is -0.448. The van der Waals surface area contributed by atoms with Gasteiger partial charge in [0, 0.05) is 29.2 Å². The zero-order valence-corrected chi connectivity index (χ0v) is 22.7. The molecule has 2 N–H and O–H groups in total. The number of nitrogen functional groups attached to an aromatic ring is 1. The van der Waals surface area contributed by atoms with E-state index < -0.39 is 5.97 Å². The van der Waals surface area contributed by atoms with Gasteiger partial charge < -0.3 is 10.6 Å². The first-order chi connectivity index (χ1) is 17.6. The van der Waals surface area contributed by atoms with Crippen LogP contribution in [0, 0.1) is 6.92 Å². The van der Waals surface area contributed by atoms with Gasteiger partial charge in [0.25, 0.3) is 0 Å². The summed E-state index contributed by atoms with van der Waals surface area (Å²) in [6, 6.07) is 20.8. The van der Waals surface area contributed by atoms with E-state index in [4.69, 9.17) is 10.6 Å². The van der Waals surface area contributed by atoms with Crippen LogP contribution in [-0.2, 0) is 15.0 Å². The van der Waals surface area contributed by atoms with Crippen LogP contribution in [0.2, 0.25) is 0 Å². The molecule has 37 heavy (non-hydrogen) atoms. The summed E-state index contributed by atoms with van der Waals surface area (Å²) in [5.41, 5.74) is 17.9. The number of benzene rings is 3. The predicted molar refractivity (Wildman–Crippen MR) is 154 cm³/mol. The van der Waals surface area contributed by atoms with Crippen molar-refractivity contribution in [3.63, 3.8) is 0 Å². The second kappa shape index (κ2) is 10.6. The van der Waals surface area contributed by atoms with Crippen LogP contribution in [0.3, 0.4) is 0 Å². The Kier molecular flexibility index (Phi) is 7.49. The van der Waals surface area contributed by atoms with Gasteiger partial charge in [-0.15, -0.1) is 0 Å². The molecule has 4 rings (SSSR count). The number of fused-ring (bicyclic) bond motifs is 3. The maximum Gasteiger partial charge on any atom is 0.332 e. The van der Waals surface area contributed by atoms with Crippen molar-refractivity contribution in [3.05, 3.63) is 112 Å². The molecule has 1 aliphatic carbocycles. The lowest BCUT2D eigenvalue weighted by Crippen LogP contribution is -2.25. The standard InChI is InChI=1S/C33H36N2O2/c1-21(2)15-17-33(18-16-22(3)4)30-19-25(11-13-28(30)29-14-12-26(34)20-31(29)33)32(35-37-24(6)36)27-10-8-7-9-23(27)5/h7-16,19-20H,17-18,34H2,1-6H3/b35-32+. The second-order valence-corrected chi connectivity index (χ2v) is 10.5. The summed E-state index contributed by atoms with van der Waals surface area (Å²) in [6.45, 7) is 12.0. The van der Waals surface area contributed by atoms with Crippen molar-refractivity contribution in [2.75, 3.05) is 5.73 Å². The minimum Gasteiger partial charge on any atom is -0.399 e. The number of hydrogen-bond acceptors (Lipinski definition) is 4. The van der Waals surface area contributed by atoms with E-state index in [1.54, 1.807) is 0 Å². The lowest BCUT2D eigenvalue weighted by Gasteiger charge is -2.31. The first kappa shape index (κ1) is 26.2. The number of nitrogens with two attached hydrogens (primary N) is 1. The zero-order valence-electron chi connectivity index (χ0n) is 22.7. The van der Waals surface area contributed by atoms with E-state index in [9.17, 15) is 4.79 Å². The molecule has 0 aromatic heterocycles. The predicted octanol–water partition coefficient (Wildman–Crippen LogP) is 7.87. The van der Waals surface area contributed by atoms with Crippen molar-refractivity contribution >= 4 is 17.4 Å². The Labute approximate surface area is 220 Å². The van der Waals surface area contributed by atoms with Crippen LogP contribution >= 0.6 is 0 Å². The van der Waals surface area contributed by atoms with E-state index in [0.717, 1.165) is 35.2 Å². The largest absolute Gasteiger partial charge is 0.399 e. The molecule has 0 spiro atoms. The van der Waals surface area contributed by atoms with Gasteiger partial charge in [-0.25, -0.2) is 4.79 Å². The van der Waals surface area contributed by atoms with Crippen LogP contribution in [0.15, 0.2) is 89.1 Å². The maximum absolute atomic E-state index is 11.7. The van der Waals surface area contributed by atoms with Crippen molar-refractivity contribution in [1.29, 1.82) is 0 Å². The molecule has 0 aliphatic heterocycles. The molecule has 0 atom stereocenters. The lowest BCUT2D eigenvalue weighted by molar-refractivity contribution is -0.140. The summed E-state index contributed by atoms with van der Waals surface area (Å²) >= 11 is 0. The molecule has 3 aromatic carbocycles. The Morgan fingerprint density at radius 2 is 1.46 bits per heavy atom. The number of aryl methyl sites for hydroxylation is 1. The molecule has 0 bridgehead atoms. The van der Waals surface area contributed by atoms with E-state index in [1.807, 2.05) is 37.3 Å². The summed E-state index contributed by atoms with van der Waals surface area (Å²) in [5.74, 6) is -0.448. The number of hydrogen-bond donors (Lipinski definition) is 1. The van der Waals surface area contributed by atoms with Gasteiger partial charge in [-0.05, 0) is 93.5 Å². The summed E-state index contributed by atoms with van der Waals surface area (Å²) in [6.07, 6.45) is 6.35. The molecule has 0 saturated heterocycles. The van der Waals surface area contributed by atoms with Crippen LogP contribution in [0.25, 0.3) is 11.1 Å². The molecule has 0 amide bonds. The molecule has 0 heterocycles. The number of nitrogens with zero attached hydrogens (tertiary/aromatic N) is 1. The third kappa shape index (κ3) is 5.29. The van der Waals surface area contributed by atoms with E-state index in [0.29, 0.717) is 5.71 Å². The molecular formula is C33H36N2O2. The Bertz CT molecular complexity index is 1410. The van der Waals surface area contributed by atoms with E-state index in [1.165, 1.54) is 40.3 Å². The summed E-state index contributed by atoms with van der Waals surface area (Å²) in [4.78, 5) is 16.9. The highest BCUT2D eigenvalue weighted by Gasteiger charge is 2.42. The van der Waals surface area contributed by atoms with Crippen molar-refractivity contribution in [1.82, 2.24) is 0 Å². The first-order valence-corrected chi connectivity index (χ1v) is 12.8. The third-order valence-electron chi connectivity index (χ3n) is 7.04. The third-order valence-corrected chi connectivity index (χ3v) is 7.04. The summed E-state index contributed by atoms with van der Waals surface area (Å²) in [7, 11) is 0. The van der Waals surface area contributed by atoms with Gasteiger partial charge in [0.1, 0.15) is 5.71 Å². The molecule has 1 aliphatic rings. The normalized spacial score (nSPS) is 13.4. The average Bonchev–Trinajstić information content (AvgIpc) is 3.11. The monoisotopic (exact) mass is 492 g/mol. The van der Waals surface area contributed by atoms with Crippen molar-refractivity contribution in [2.24, 2.45) is 5.16 Å². The number of oxime groups is 1. The van der Waals surface area contributed by atoms with Crippen LogP contribution in [0.4, 0.5) is 5.69 Å². The fraction of sp³-hybridized carbons (Fsp3) is 0.273. The highest BCUT2D eigenvalue weighted by Crippen LogP contribution is 2.54. The van der Waals surface area contributed by atoms with Gasteiger partial charge in [-0.1, -0.05) is 70.9 Å². The molecule has 0 unspecified atom stereocenters. The molecular weight excluding hydrogens is 456 g/mol. The van der Waals surface area contributed by atoms with Gasteiger partial charge in [-0.2, -0.15) is 0 Å². The van der Waals surface area contributed by atoms with Crippen molar-refractivity contribution < 1.29 is 9.63 Å². The van der Waals surface area contributed by atoms with Crippen molar-refractivity contribution in [3.8, 4) is 11.1 Å². The molecule has 190 valence electrons. The van der Waals surface area contributed by atoms with Crippen molar-refractivity contribution in [2.45, 2.75) is 59.8 Å². The molecule has 0 saturated carbocycles. The van der Waals surface area contributed by atoms with Crippen LogP contribution in [0.5, 0.6) is 0 Å². The summed E-state index contributed by atoms with van der Waals surface area (Å²) < 4.78 is 0. The number of allylic oxidation sites excluding steroid dienone is 4. The van der Waals surface area contributed by atoms with Crippen LogP contribution in [0.1, 0.15) is 75.3 Å². The van der Waals surface area contributed by atoms with E-state index >= 15 is 0 Å². The molecule has 0 fully saturated rings. The minimum absolute atomic E-state index is 0.275. The first-order valence-electron chi connectivity index (χ1n) is 12.8. The number of carbonyl (C=O) groups is 1. The summed E-state index contributed by atoms with van der Waals surface area (Å²) in [5, 5.41) is 4.33. The fourth-order valence-corrected chi connectivity index (χ4v) is 5.15. The second-order valence-electron chi connectivity index (χ2n) is 10.5. The molecule has 3 aromatic rings. The average molecular weight is 493 g/mol. The van der Waals surface area contributed by atoms with Gasteiger partial charge in [0.2, 0.25) is 0 Å². The topological polar surface area (TPSA) is 64.7 Å². The smallest absolute Gasteiger partial charge is 0.332 e. The Balaban J connectivity index is 2.00. The zero-order chi connectivity index (χ0) is 26.7. The van der Waals surface area contributed by atoms with E-state index in [-0.39, 0.29) is 5.41 Å². The number of carbonyl (C=O) groups excluding carboxylic acids is 1. The molecule has 4 nitrogen and oxygen atoms in total. The van der Waals surface area contributed by atoms with Gasteiger partial charge >= 0.3 is 5.97 Å². The van der Waals surface area contributed by atoms with Gasteiger partial charge in [-0.3, -0.25) is 0 Å². The molecule has 0 radical (unpaired) electrons. The Morgan fingerprint density at radius 3 is 2.05 bits per heavy atom. The SMILES string of the molecule is CC(=O)O/N=C(\c1ccc2c(c1)C(CC=C(C)C)(CC=C(C)C)c1cc(N)ccc1-2)c1ccccc1C. The number of anilines is 1. The quantitative estimate of drug-likeness (QED) is 0.120. The highest BCUT2D eigenvalue weighted by molar-refractivity contribution is 6.14. The fourth-order valence-electron chi connectivity index (χ4n) is 5.15. The van der Waals surface area contributed by atoms with Crippen LogP contribution in [-0.4, -0.2) is 11.7 Å². The Hall–Kier alpha value is -3.92. The van der Waals surface area contributed by atoms with Gasteiger partial charge in [0.05, 0.1) is 0 Å². The maximum atomic E-state index is 11.7.